The topological polar surface area (TPSA) is 13.1 Å². The maximum atomic E-state index is 5.13. The van der Waals surface area contributed by atoms with Crippen LogP contribution in [0.15, 0.2) is 34.7 Å². The largest absolute Gasteiger partial charge is 0.471 e. The average molecular weight is 156 g/mol. The van der Waals surface area contributed by atoms with Crippen molar-refractivity contribution in [2.75, 3.05) is 0 Å². The molecule has 0 aliphatic rings. The van der Waals surface area contributed by atoms with E-state index in [0.29, 0.717) is 0 Å². The fourth-order valence-corrected chi connectivity index (χ4v) is 0.605. The molecular weight excluding hydrogens is 148 g/mol. The highest BCUT2D eigenvalue weighted by Gasteiger charge is 1.83. The minimum Gasteiger partial charge on any atom is -0.471 e. The summed E-state index contributed by atoms with van der Waals surface area (Å²) in [5, 5.41) is 0. The van der Waals surface area contributed by atoms with Gasteiger partial charge in [-0.15, -0.1) is 6.42 Å². The molecule has 0 aliphatic carbocycles. The summed E-state index contributed by atoms with van der Waals surface area (Å²) >= 11 is 0. The van der Waals surface area contributed by atoms with Gasteiger partial charge >= 0.3 is 0 Å². The molecule has 0 unspecified atom stereocenters. The van der Waals surface area contributed by atoms with Crippen LogP contribution in [0.2, 0.25) is 0 Å². The van der Waals surface area contributed by atoms with Gasteiger partial charge in [-0.2, -0.15) is 0 Å². The third kappa shape index (κ3) is 2.40. The first kappa shape index (κ1) is 8.24. The second-order valence-corrected chi connectivity index (χ2v) is 2.25. The highest BCUT2D eigenvalue weighted by Crippen LogP contribution is 1.96. The van der Waals surface area contributed by atoms with Crippen LogP contribution in [-0.4, -0.2) is 0 Å². The van der Waals surface area contributed by atoms with Crippen molar-refractivity contribution in [2.45, 2.75) is 6.92 Å². The van der Waals surface area contributed by atoms with E-state index in [0.717, 1.165) is 11.1 Å². The lowest BCUT2D eigenvalue weighted by atomic mass is 10.3. The monoisotopic (exact) mass is 156 g/mol. The zero-order valence-electron chi connectivity index (χ0n) is 6.79. The van der Waals surface area contributed by atoms with Gasteiger partial charge in [-0.25, -0.2) is 0 Å². The Morgan fingerprint density at radius 2 is 2.50 bits per heavy atom. The van der Waals surface area contributed by atoms with Crippen LogP contribution in [0.25, 0.3) is 0 Å². The molecule has 58 valence electrons. The molecule has 0 aliphatic heterocycles. The predicted molar refractivity (Wildman–Crippen MR) is 48.2 cm³/mol. The van der Waals surface area contributed by atoms with E-state index in [-0.39, 0.29) is 0 Å². The quantitative estimate of drug-likeness (QED) is 0.525. The van der Waals surface area contributed by atoms with Gasteiger partial charge in [-0.05, 0) is 19.1 Å². The summed E-state index contributed by atoms with van der Waals surface area (Å²) in [6.07, 6.45) is 10.0. The van der Waals surface area contributed by atoms with E-state index in [4.69, 9.17) is 10.8 Å². The van der Waals surface area contributed by atoms with Crippen LogP contribution in [0.1, 0.15) is 12.5 Å². The van der Waals surface area contributed by atoms with Gasteiger partial charge < -0.3 is 4.42 Å². The van der Waals surface area contributed by atoms with Crippen molar-refractivity contribution in [3.05, 3.63) is 35.8 Å². The molecule has 1 heteroatoms. The minimum absolute atomic E-state index is 0.825. The highest BCUT2D eigenvalue weighted by atomic mass is 16.3. The Hall–Kier alpha value is -1.86. The van der Waals surface area contributed by atoms with Crippen LogP contribution >= 0.6 is 0 Å². The smallest absolute Gasteiger partial charge is 0.106 e. The molecule has 1 aromatic heterocycles. The predicted octanol–water partition coefficient (Wildman–Crippen LogP) is 2.21. The summed E-state index contributed by atoms with van der Waals surface area (Å²) in [6, 6.07) is 1.80. The van der Waals surface area contributed by atoms with Gasteiger partial charge in [0, 0.05) is 5.57 Å². The van der Waals surface area contributed by atoms with Gasteiger partial charge in [0.15, 0.2) is 0 Å². The van der Waals surface area contributed by atoms with Crippen molar-refractivity contribution in [2.24, 2.45) is 0 Å². The molecule has 0 aromatic carbocycles. The molecule has 1 aromatic rings. The molecule has 0 spiro atoms. The lowest BCUT2D eigenvalue weighted by molar-refractivity contribution is 0.566. The van der Waals surface area contributed by atoms with Crippen molar-refractivity contribution in [3.8, 4) is 24.2 Å². The van der Waals surface area contributed by atoms with Crippen LogP contribution < -0.4 is 0 Å². The van der Waals surface area contributed by atoms with Crippen LogP contribution in [0.4, 0.5) is 0 Å². The number of allylic oxidation sites excluding steroid dienone is 2. The summed E-state index contributed by atoms with van der Waals surface area (Å²) in [5.74, 6) is 8.18. The molecule has 1 nitrogen and oxygen atoms in total. The molecule has 0 bridgehead atoms. The summed E-state index contributed by atoms with van der Waals surface area (Å²) in [7, 11) is 0. The standard InChI is InChI=1S/C11H8O/c1-3-10(2)5-4-6-11-7-8-12-9-11/h1,5,7-9H,2H3/b10-5+. The summed E-state index contributed by atoms with van der Waals surface area (Å²) < 4.78 is 4.83. The van der Waals surface area contributed by atoms with E-state index in [2.05, 4.69) is 17.8 Å². The average Bonchev–Trinajstić information content (AvgIpc) is 2.57. The summed E-state index contributed by atoms with van der Waals surface area (Å²) in [6.45, 7) is 1.84. The van der Waals surface area contributed by atoms with E-state index >= 15 is 0 Å². The molecule has 1 heterocycles. The fraction of sp³-hybridized carbons (Fsp3) is 0.0909. The van der Waals surface area contributed by atoms with Crippen LogP contribution in [0.3, 0.4) is 0 Å². The molecule has 0 fully saturated rings. The fourth-order valence-electron chi connectivity index (χ4n) is 0.605. The van der Waals surface area contributed by atoms with Crippen molar-refractivity contribution >= 4 is 0 Å². The van der Waals surface area contributed by atoms with Crippen LogP contribution in [0.5, 0.6) is 0 Å². The molecular formula is C11H8O. The molecule has 0 radical (unpaired) electrons. The molecule has 0 atom stereocenters. The highest BCUT2D eigenvalue weighted by molar-refractivity contribution is 5.38. The van der Waals surface area contributed by atoms with E-state index < -0.39 is 0 Å². The van der Waals surface area contributed by atoms with Crippen molar-refractivity contribution in [3.63, 3.8) is 0 Å². The zero-order valence-corrected chi connectivity index (χ0v) is 6.79. The van der Waals surface area contributed by atoms with Gasteiger partial charge in [0.05, 0.1) is 11.8 Å². The van der Waals surface area contributed by atoms with Crippen molar-refractivity contribution < 1.29 is 4.42 Å². The number of terminal acetylenes is 1. The third-order valence-corrected chi connectivity index (χ3v) is 1.25. The van der Waals surface area contributed by atoms with Gasteiger partial charge in [0.2, 0.25) is 0 Å². The minimum atomic E-state index is 0.825. The number of rotatable bonds is 0. The number of hydrogen-bond acceptors (Lipinski definition) is 1. The maximum absolute atomic E-state index is 5.13. The van der Waals surface area contributed by atoms with Crippen molar-refractivity contribution in [1.29, 1.82) is 0 Å². The first-order chi connectivity index (χ1) is 5.83. The Labute approximate surface area is 72.1 Å². The lowest BCUT2D eigenvalue weighted by Crippen LogP contribution is -1.65. The van der Waals surface area contributed by atoms with Gasteiger partial charge in [0.25, 0.3) is 0 Å². The molecule has 0 saturated heterocycles. The van der Waals surface area contributed by atoms with E-state index in [1.807, 2.05) is 6.92 Å². The van der Waals surface area contributed by atoms with Crippen LogP contribution in [-0.2, 0) is 0 Å². The van der Waals surface area contributed by atoms with Crippen LogP contribution in [0, 0.1) is 24.2 Å². The molecule has 0 saturated carbocycles. The number of furan rings is 1. The SMILES string of the molecule is C#C/C(C)=C/C#Cc1ccoc1. The van der Waals surface area contributed by atoms with E-state index in [9.17, 15) is 0 Å². The Morgan fingerprint density at radius 1 is 1.67 bits per heavy atom. The number of hydrogen-bond donors (Lipinski definition) is 0. The Kier molecular flexibility index (Phi) is 2.82. The van der Waals surface area contributed by atoms with Gasteiger partial charge in [0.1, 0.15) is 6.26 Å². The first-order valence-corrected chi connectivity index (χ1v) is 3.50. The van der Waals surface area contributed by atoms with Gasteiger partial charge in [-0.1, -0.05) is 17.8 Å². The summed E-state index contributed by atoms with van der Waals surface area (Å²) in [5.41, 5.74) is 1.68. The molecule has 0 amide bonds. The third-order valence-electron chi connectivity index (χ3n) is 1.25. The second-order valence-electron chi connectivity index (χ2n) is 2.25. The Morgan fingerprint density at radius 3 is 3.08 bits per heavy atom. The Bertz CT molecular complexity index is 363. The van der Waals surface area contributed by atoms with Gasteiger partial charge in [-0.3, -0.25) is 0 Å². The van der Waals surface area contributed by atoms with E-state index in [1.165, 1.54) is 0 Å². The first-order valence-electron chi connectivity index (χ1n) is 3.50. The molecule has 1 rings (SSSR count). The zero-order chi connectivity index (χ0) is 8.81. The van der Waals surface area contributed by atoms with Crippen molar-refractivity contribution in [1.82, 2.24) is 0 Å². The molecule has 12 heavy (non-hydrogen) atoms. The summed E-state index contributed by atoms with van der Waals surface area (Å²) in [4.78, 5) is 0. The lowest BCUT2D eigenvalue weighted by Gasteiger charge is -1.77. The van der Waals surface area contributed by atoms with E-state index in [1.54, 1.807) is 24.7 Å². The molecule has 0 N–H and O–H groups in total. The normalized spacial score (nSPS) is 9.83. The maximum Gasteiger partial charge on any atom is 0.106 e. The Balaban J connectivity index is 2.69. The second kappa shape index (κ2) is 4.11.